The first-order chi connectivity index (χ1) is 10.8. The number of nitrogens with one attached hydrogen (secondary N) is 1. The van der Waals surface area contributed by atoms with E-state index in [9.17, 15) is 17.6 Å². The highest BCUT2D eigenvalue weighted by atomic mass is 19.4. The normalized spacial score (nSPS) is 22.7. The van der Waals surface area contributed by atoms with E-state index in [0.29, 0.717) is 5.69 Å². The van der Waals surface area contributed by atoms with Crippen LogP contribution < -0.4 is 10.2 Å². The molecule has 9 heteroatoms. The van der Waals surface area contributed by atoms with Gasteiger partial charge in [-0.05, 0) is 31.3 Å². The number of halogens is 4. The number of rotatable bonds is 3. The molecule has 0 spiro atoms. The maximum Gasteiger partial charge on any atom is 0.450 e. The number of azo groups is 1. The van der Waals surface area contributed by atoms with Gasteiger partial charge in [0.25, 0.3) is 0 Å². The van der Waals surface area contributed by atoms with Gasteiger partial charge in [0, 0.05) is 6.20 Å². The summed E-state index contributed by atoms with van der Waals surface area (Å²) in [5.74, 6) is -3.31. The lowest BCUT2D eigenvalue weighted by Gasteiger charge is -2.45. The largest absolute Gasteiger partial charge is 0.450 e. The van der Waals surface area contributed by atoms with Crippen molar-refractivity contribution in [2.45, 2.75) is 25.8 Å². The Labute approximate surface area is 130 Å². The van der Waals surface area contributed by atoms with Crippen LogP contribution in [-0.4, -0.2) is 30.0 Å². The summed E-state index contributed by atoms with van der Waals surface area (Å²) < 4.78 is 55.7. The summed E-state index contributed by atoms with van der Waals surface area (Å²) >= 11 is 0. The van der Waals surface area contributed by atoms with E-state index in [1.165, 1.54) is 18.3 Å². The van der Waals surface area contributed by atoms with Crippen molar-refractivity contribution in [3.05, 3.63) is 36.0 Å². The van der Waals surface area contributed by atoms with Crippen molar-refractivity contribution in [1.29, 1.82) is 0 Å². The molecule has 0 aromatic heterocycles. The molecule has 3 rings (SSSR count). The number of alkyl halides is 3. The minimum absolute atomic E-state index is 0.00711. The molecule has 1 unspecified atom stereocenters. The summed E-state index contributed by atoms with van der Waals surface area (Å²) in [7, 11) is 0. The third-order valence-electron chi connectivity index (χ3n) is 3.97. The number of fused-ring (bicyclic) bond motifs is 3. The van der Waals surface area contributed by atoms with Crippen LogP contribution in [0.5, 0.6) is 0 Å². The summed E-state index contributed by atoms with van der Waals surface area (Å²) in [6.45, 7) is 3.44. The molecule has 2 heterocycles. The van der Waals surface area contributed by atoms with Crippen LogP contribution >= 0.6 is 0 Å². The Morgan fingerprint density at radius 3 is 2.57 bits per heavy atom. The Hall–Kier alpha value is -2.16. The van der Waals surface area contributed by atoms with Gasteiger partial charge < -0.3 is 5.32 Å². The first-order valence-electron chi connectivity index (χ1n) is 7.16. The second kappa shape index (κ2) is 5.19. The predicted molar refractivity (Wildman–Crippen MR) is 77.1 cm³/mol. The molecule has 0 aliphatic carbocycles. The van der Waals surface area contributed by atoms with Gasteiger partial charge >= 0.3 is 12.0 Å². The van der Waals surface area contributed by atoms with Crippen molar-refractivity contribution in [2.75, 3.05) is 23.3 Å². The summed E-state index contributed by atoms with van der Waals surface area (Å²) in [6.07, 6.45) is -3.39. The summed E-state index contributed by atoms with van der Waals surface area (Å²) in [4.78, 5) is 2.09. The van der Waals surface area contributed by atoms with Crippen molar-refractivity contribution < 1.29 is 17.6 Å². The monoisotopic (exact) mass is 329 g/mol. The van der Waals surface area contributed by atoms with Gasteiger partial charge in [-0.15, -0.1) is 10.2 Å². The predicted octanol–water partition coefficient (Wildman–Crippen LogP) is 3.88. The molecule has 0 fully saturated rings. The molecular formula is C14H15F4N5. The van der Waals surface area contributed by atoms with Crippen LogP contribution in [0.4, 0.5) is 28.9 Å². The molecular weight excluding hydrogens is 314 g/mol. The number of nitrogens with zero attached hydrogens (tertiary/aromatic N) is 4. The maximum absolute atomic E-state index is 14.0. The molecule has 23 heavy (non-hydrogen) atoms. The van der Waals surface area contributed by atoms with Crippen molar-refractivity contribution >= 4 is 11.4 Å². The zero-order chi connectivity index (χ0) is 16.8. The standard InChI is InChI=1S/C14H15F4N5/c1-3-22(4-2)14(13(16,17)18)21-20-12-8-19-10-6-5-9(15)7-11(10)23(12)14/h5-8,19H,3-4H2,1-2H3. The number of hydrogen-bond donors (Lipinski definition) is 1. The van der Waals surface area contributed by atoms with Gasteiger partial charge in [-0.3, -0.25) is 9.80 Å². The van der Waals surface area contributed by atoms with Crippen molar-refractivity contribution in [3.63, 3.8) is 0 Å². The molecule has 2 aliphatic rings. The fourth-order valence-electron chi connectivity index (χ4n) is 2.94. The molecule has 1 N–H and O–H groups in total. The molecule has 0 radical (unpaired) electrons. The lowest BCUT2D eigenvalue weighted by atomic mass is 10.1. The SMILES string of the molecule is CCN(CC)C1(C(F)(F)F)N=NC2=CNc3ccc(F)cc3N21. The highest BCUT2D eigenvalue weighted by Gasteiger charge is 2.67. The quantitative estimate of drug-likeness (QED) is 0.856. The average Bonchev–Trinajstić information content (AvgIpc) is 2.89. The topological polar surface area (TPSA) is 43.2 Å². The van der Waals surface area contributed by atoms with Gasteiger partial charge in [-0.2, -0.15) is 13.2 Å². The molecule has 1 atom stereocenters. The van der Waals surface area contributed by atoms with Crippen molar-refractivity contribution in [2.24, 2.45) is 10.2 Å². The van der Waals surface area contributed by atoms with Crippen LogP contribution in [0.1, 0.15) is 13.8 Å². The second-order valence-corrected chi connectivity index (χ2v) is 5.15. The van der Waals surface area contributed by atoms with E-state index in [1.807, 2.05) is 0 Å². The fraction of sp³-hybridized carbons (Fsp3) is 0.429. The average molecular weight is 329 g/mol. The van der Waals surface area contributed by atoms with Gasteiger partial charge in [-0.1, -0.05) is 13.8 Å². The van der Waals surface area contributed by atoms with Crippen LogP contribution in [-0.2, 0) is 0 Å². The molecule has 0 saturated carbocycles. The lowest BCUT2D eigenvalue weighted by Crippen LogP contribution is -2.66. The van der Waals surface area contributed by atoms with E-state index in [4.69, 9.17) is 0 Å². The zero-order valence-electron chi connectivity index (χ0n) is 12.5. The Morgan fingerprint density at radius 1 is 1.26 bits per heavy atom. The molecule has 124 valence electrons. The van der Waals surface area contributed by atoms with E-state index in [0.717, 1.165) is 15.9 Å². The third-order valence-corrected chi connectivity index (χ3v) is 3.97. The summed E-state index contributed by atoms with van der Waals surface area (Å²) in [5.41, 5.74) is 0.417. The fourth-order valence-corrected chi connectivity index (χ4v) is 2.94. The maximum atomic E-state index is 14.0. The number of benzene rings is 1. The highest BCUT2D eigenvalue weighted by Crippen LogP contribution is 2.51. The second-order valence-electron chi connectivity index (χ2n) is 5.15. The first-order valence-corrected chi connectivity index (χ1v) is 7.16. The first kappa shape index (κ1) is 15.7. The zero-order valence-corrected chi connectivity index (χ0v) is 12.5. The van der Waals surface area contributed by atoms with Crippen LogP contribution in [0.3, 0.4) is 0 Å². The number of hydrogen-bond acceptors (Lipinski definition) is 5. The third kappa shape index (κ3) is 2.10. The van der Waals surface area contributed by atoms with Crippen molar-refractivity contribution in [1.82, 2.24) is 4.90 Å². The van der Waals surface area contributed by atoms with E-state index in [2.05, 4.69) is 15.5 Å². The summed E-state index contributed by atoms with van der Waals surface area (Å²) in [6, 6.07) is 3.62. The Balaban J connectivity index is 2.24. The van der Waals surface area contributed by atoms with Crippen LogP contribution in [0.2, 0.25) is 0 Å². The van der Waals surface area contributed by atoms with Crippen LogP contribution in [0.15, 0.2) is 40.4 Å². The minimum Gasteiger partial charge on any atom is -0.357 e. The molecule has 0 bridgehead atoms. The molecule has 5 nitrogen and oxygen atoms in total. The molecule has 1 aromatic carbocycles. The molecule has 2 aliphatic heterocycles. The van der Waals surface area contributed by atoms with Crippen molar-refractivity contribution in [3.8, 4) is 0 Å². The molecule has 1 aromatic rings. The van der Waals surface area contributed by atoms with E-state index >= 15 is 0 Å². The van der Waals surface area contributed by atoms with Gasteiger partial charge in [-0.25, -0.2) is 4.39 Å². The molecule has 0 amide bonds. The van der Waals surface area contributed by atoms with Gasteiger partial charge in [0.2, 0.25) is 0 Å². The van der Waals surface area contributed by atoms with Gasteiger partial charge in [0.15, 0.2) is 5.82 Å². The molecule has 0 saturated heterocycles. The highest BCUT2D eigenvalue weighted by molar-refractivity contribution is 5.77. The van der Waals surface area contributed by atoms with E-state index in [-0.39, 0.29) is 24.6 Å². The minimum atomic E-state index is -4.72. The Bertz CT molecular complexity index is 680. The smallest absolute Gasteiger partial charge is 0.357 e. The number of anilines is 2. The van der Waals surface area contributed by atoms with Gasteiger partial charge in [0.1, 0.15) is 5.82 Å². The van der Waals surface area contributed by atoms with Gasteiger partial charge in [0.05, 0.1) is 11.4 Å². The van der Waals surface area contributed by atoms with Crippen LogP contribution in [0, 0.1) is 5.82 Å². The lowest BCUT2D eigenvalue weighted by molar-refractivity contribution is -0.226. The van der Waals surface area contributed by atoms with E-state index in [1.54, 1.807) is 13.8 Å². The van der Waals surface area contributed by atoms with Crippen LogP contribution in [0.25, 0.3) is 0 Å². The Morgan fingerprint density at radius 2 is 1.96 bits per heavy atom. The Kier molecular flexibility index (Phi) is 3.55. The van der Waals surface area contributed by atoms with E-state index < -0.39 is 17.8 Å². The summed E-state index contributed by atoms with van der Waals surface area (Å²) in [5, 5.41) is 10.1.